The highest BCUT2D eigenvalue weighted by Gasteiger charge is 2.56. The highest BCUT2D eigenvalue weighted by Crippen LogP contribution is 2.35. The molecule has 2 N–H and O–H groups in total. The van der Waals surface area contributed by atoms with Crippen LogP contribution in [0.4, 0.5) is 0 Å². The van der Waals surface area contributed by atoms with Gasteiger partial charge in [0.05, 0.1) is 12.0 Å². The molecule has 8 heteroatoms. The van der Waals surface area contributed by atoms with E-state index >= 15 is 0 Å². The van der Waals surface area contributed by atoms with Crippen LogP contribution in [0.15, 0.2) is 83.8 Å². The maximum absolute atomic E-state index is 13.3. The lowest BCUT2D eigenvalue weighted by Gasteiger charge is -2.20. The van der Waals surface area contributed by atoms with Crippen LogP contribution in [0.2, 0.25) is 0 Å². The van der Waals surface area contributed by atoms with Crippen molar-refractivity contribution < 1.29 is 22.7 Å². The minimum atomic E-state index is -4.13. The average molecular weight is 484 g/mol. The van der Waals surface area contributed by atoms with Crippen molar-refractivity contribution in [3.8, 4) is 16.9 Å². The molecule has 33 heavy (non-hydrogen) atoms. The van der Waals surface area contributed by atoms with Crippen molar-refractivity contribution >= 4 is 27.6 Å². The molecule has 6 nitrogen and oxygen atoms in total. The number of nitrogens with two attached hydrogens (primary N) is 1. The molecule has 0 spiro atoms. The average Bonchev–Trinajstić information content (AvgIpc) is 3.14. The number of esters is 1. The first kappa shape index (κ1) is 23.4. The first-order chi connectivity index (χ1) is 15.8. The summed E-state index contributed by atoms with van der Waals surface area (Å²) in [5.41, 5.74) is 9.08. The molecule has 0 bridgehead atoms. The molecule has 3 aromatic rings. The first-order valence-corrected chi connectivity index (χ1v) is 13.1. The fraction of sp³-hybridized carbons (Fsp3) is 0.240. The zero-order valence-electron chi connectivity index (χ0n) is 18.1. The van der Waals surface area contributed by atoms with Crippen LogP contribution in [-0.2, 0) is 25.1 Å². The van der Waals surface area contributed by atoms with E-state index in [9.17, 15) is 13.2 Å². The standard InChI is InChI=1S/C25H25NO5S2/c1-30-21-11-7-19(8-12-21)20-9-13-23(14-10-20)33(28,29)25(26)15-22(31-24(25)27)17-32-16-18-5-3-2-4-6-18/h2-14,22H,15-17,26H2,1H3. The molecule has 0 aliphatic carbocycles. The van der Waals surface area contributed by atoms with Crippen LogP contribution in [0.1, 0.15) is 12.0 Å². The van der Waals surface area contributed by atoms with E-state index in [0.29, 0.717) is 5.75 Å². The highest BCUT2D eigenvalue weighted by atomic mass is 32.2. The van der Waals surface area contributed by atoms with Gasteiger partial charge in [0, 0.05) is 17.9 Å². The quantitative estimate of drug-likeness (QED) is 0.483. The minimum Gasteiger partial charge on any atom is -0.497 e. The smallest absolute Gasteiger partial charge is 0.342 e. The zero-order valence-corrected chi connectivity index (χ0v) is 19.8. The lowest BCUT2D eigenvalue weighted by atomic mass is 10.1. The van der Waals surface area contributed by atoms with Gasteiger partial charge in [-0.15, -0.1) is 0 Å². The predicted molar refractivity (Wildman–Crippen MR) is 130 cm³/mol. The second-order valence-corrected chi connectivity index (χ2v) is 11.1. The Morgan fingerprint density at radius 3 is 2.21 bits per heavy atom. The molecule has 1 fully saturated rings. The van der Waals surface area contributed by atoms with E-state index in [4.69, 9.17) is 15.2 Å². The largest absolute Gasteiger partial charge is 0.497 e. The number of ether oxygens (including phenoxy) is 2. The molecule has 4 rings (SSSR count). The molecule has 3 aromatic carbocycles. The molecule has 2 atom stereocenters. The maximum Gasteiger partial charge on any atom is 0.342 e. The van der Waals surface area contributed by atoms with E-state index in [2.05, 4.69) is 0 Å². The number of hydrogen-bond acceptors (Lipinski definition) is 7. The zero-order chi connectivity index (χ0) is 23.5. The Kier molecular flexibility index (Phi) is 6.78. The number of rotatable bonds is 8. The number of benzene rings is 3. The second-order valence-electron chi connectivity index (χ2n) is 7.88. The van der Waals surface area contributed by atoms with Gasteiger partial charge in [-0.2, -0.15) is 11.8 Å². The number of sulfone groups is 1. The Morgan fingerprint density at radius 1 is 1.00 bits per heavy atom. The summed E-state index contributed by atoms with van der Waals surface area (Å²) in [6.07, 6.45) is -0.625. The Bertz CT molecular complexity index is 1210. The van der Waals surface area contributed by atoms with E-state index in [0.717, 1.165) is 28.2 Å². The fourth-order valence-corrected chi connectivity index (χ4v) is 6.31. The molecule has 0 radical (unpaired) electrons. The van der Waals surface area contributed by atoms with Gasteiger partial charge in [-0.05, 0) is 41.0 Å². The van der Waals surface area contributed by atoms with Gasteiger partial charge in [0.25, 0.3) is 0 Å². The van der Waals surface area contributed by atoms with Crippen LogP contribution in [-0.4, -0.2) is 38.2 Å². The van der Waals surface area contributed by atoms with Gasteiger partial charge in [0.15, 0.2) is 0 Å². The lowest BCUT2D eigenvalue weighted by Crippen LogP contribution is -2.51. The predicted octanol–water partition coefficient (Wildman–Crippen LogP) is 4.04. The van der Waals surface area contributed by atoms with E-state index in [1.54, 1.807) is 31.0 Å². The summed E-state index contributed by atoms with van der Waals surface area (Å²) < 4.78 is 37.1. The Hall–Kier alpha value is -2.81. The fourth-order valence-electron chi connectivity index (χ4n) is 3.73. The summed E-state index contributed by atoms with van der Waals surface area (Å²) in [7, 11) is -2.54. The number of thioether (sulfide) groups is 1. The number of hydrogen-bond donors (Lipinski definition) is 1. The molecule has 1 aliphatic heterocycles. The molecule has 1 heterocycles. The normalized spacial score (nSPS) is 20.4. The van der Waals surface area contributed by atoms with Crippen molar-refractivity contribution in [3.63, 3.8) is 0 Å². The van der Waals surface area contributed by atoms with Crippen LogP contribution >= 0.6 is 11.8 Å². The van der Waals surface area contributed by atoms with Crippen molar-refractivity contribution in [2.24, 2.45) is 5.73 Å². The third kappa shape index (κ3) is 4.78. The van der Waals surface area contributed by atoms with Crippen molar-refractivity contribution in [1.82, 2.24) is 0 Å². The van der Waals surface area contributed by atoms with Gasteiger partial charge in [-0.3, -0.25) is 0 Å². The van der Waals surface area contributed by atoms with E-state index < -0.39 is 26.8 Å². The van der Waals surface area contributed by atoms with Gasteiger partial charge in [0.1, 0.15) is 11.9 Å². The highest BCUT2D eigenvalue weighted by molar-refractivity contribution is 7.98. The third-order valence-electron chi connectivity index (χ3n) is 5.63. The van der Waals surface area contributed by atoms with Gasteiger partial charge in [-0.1, -0.05) is 54.6 Å². The molecule has 2 unspecified atom stereocenters. The minimum absolute atomic E-state index is 0.00296. The lowest BCUT2D eigenvalue weighted by molar-refractivity contribution is -0.142. The third-order valence-corrected chi connectivity index (χ3v) is 8.96. The van der Waals surface area contributed by atoms with E-state index in [-0.39, 0.29) is 11.3 Å². The van der Waals surface area contributed by atoms with Crippen molar-refractivity contribution in [2.75, 3.05) is 12.9 Å². The second kappa shape index (κ2) is 9.59. The van der Waals surface area contributed by atoms with E-state index in [1.165, 1.54) is 12.1 Å². The molecule has 0 saturated carbocycles. The molecule has 172 valence electrons. The number of carbonyl (C=O) groups is 1. The van der Waals surface area contributed by atoms with Gasteiger partial charge < -0.3 is 15.2 Å². The number of carbonyl (C=O) groups excluding carboxylic acids is 1. The van der Waals surface area contributed by atoms with Crippen LogP contribution in [0.5, 0.6) is 5.75 Å². The molecule has 1 aliphatic rings. The summed E-state index contributed by atoms with van der Waals surface area (Å²) in [5, 5.41) is 0. The van der Waals surface area contributed by atoms with E-state index in [1.807, 2.05) is 54.6 Å². The van der Waals surface area contributed by atoms with Crippen LogP contribution in [0.3, 0.4) is 0 Å². The molecular formula is C25H25NO5S2. The Morgan fingerprint density at radius 2 is 1.61 bits per heavy atom. The molecule has 0 aromatic heterocycles. The van der Waals surface area contributed by atoms with Crippen molar-refractivity contribution in [2.45, 2.75) is 28.0 Å². The van der Waals surface area contributed by atoms with Crippen LogP contribution in [0.25, 0.3) is 11.1 Å². The van der Waals surface area contributed by atoms with Crippen LogP contribution < -0.4 is 10.5 Å². The maximum atomic E-state index is 13.3. The van der Waals surface area contributed by atoms with Crippen molar-refractivity contribution in [1.29, 1.82) is 0 Å². The number of methoxy groups -OCH3 is 1. The molecule has 1 saturated heterocycles. The molecular weight excluding hydrogens is 458 g/mol. The summed E-state index contributed by atoms with van der Waals surface area (Å²) in [6.45, 7) is 0. The van der Waals surface area contributed by atoms with Gasteiger partial charge in [-0.25, -0.2) is 13.2 Å². The SMILES string of the molecule is COc1ccc(-c2ccc(S(=O)(=O)C3(N)CC(CSCc4ccccc4)OC3=O)cc2)cc1. The topological polar surface area (TPSA) is 95.7 Å². The Balaban J connectivity index is 1.45. The van der Waals surface area contributed by atoms with Crippen LogP contribution in [0, 0.1) is 0 Å². The molecule has 0 amide bonds. The van der Waals surface area contributed by atoms with Crippen molar-refractivity contribution in [3.05, 3.63) is 84.4 Å². The summed E-state index contributed by atoms with van der Waals surface area (Å²) in [4.78, 5) is 10.5. The summed E-state index contributed by atoms with van der Waals surface area (Å²) >= 11 is 1.58. The monoisotopic (exact) mass is 483 g/mol. The van der Waals surface area contributed by atoms with Gasteiger partial charge in [0.2, 0.25) is 14.7 Å². The summed E-state index contributed by atoms with van der Waals surface area (Å²) in [6, 6.07) is 23.7. The Labute approximate surface area is 198 Å². The number of cyclic esters (lactones) is 1. The summed E-state index contributed by atoms with van der Waals surface area (Å²) in [5.74, 6) is 1.06. The van der Waals surface area contributed by atoms with Gasteiger partial charge >= 0.3 is 5.97 Å². The first-order valence-electron chi connectivity index (χ1n) is 10.4.